The van der Waals surface area contributed by atoms with Crippen LogP contribution in [-0.4, -0.2) is 5.78 Å². The zero-order valence-electron chi connectivity index (χ0n) is 16.0. The molecule has 134 valence electrons. The van der Waals surface area contributed by atoms with Gasteiger partial charge in [0.25, 0.3) is 0 Å². The minimum absolute atomic E-state index is 0.236. The fourth-order valence-electron chi connectivity index (χ4n) is 7.81. The Kier molecular flexibility index (Phi) is 4.01. The van der Waals surface area contributed by atoms with Crippen molar-refractivity contribution in [3.63, 3.8) is 0 Å². The molecule has 0 spiro atoms. The molecule has 4 aliphatic rings. The van der Waals surface area contributed by atoms with Crippen LogP contribution in [0.2, 0.25) is 0 Å². The maximum Gasteiger partial charge on any atom is 0.136 e. The first-order valence-corrected chi connectivity index (χ1v) is 10.5. The highest BCUT2D eigenvalue weighted by Crippen LogP contribution is 2.66. The Morgan fingerprint density at radius 2 is 1.92 bits per heavy atom. The van der Waals surface area contributed by atoms with E-state index in [0.717, 1.165) is 30.6 Å². The molecule has 4 aliphatic carbocycles. The van der Waals surface area contributed by atoms with E-state index in [1.807, 2.05) is 6.08 Å². The van der Waals surface area contributed by atoms with Crippen molar-refractivity contribution >= 4 is 5.78 Å². The average molecular weight is 329 g/mol. The van der Waals surface area contributed by atoms with Crippen molar-refractivity contribution in [3.8, 4) is 0 Å². The molecule has 0 aromatic carbocycles. The van der Waals surface area contributed by atoms with Crippen molar-refractivity contribution in [2.45, 2.75) is 78.6 Å². The summed E-state index contributed by atoms with van der Waals surface area (Å²) in [6.45, 7) is 11.3. The Balaban J connectivity index is 1.63. The fourth-order valence-corrected chi connectivity index (χ4v) is 7.81. The minimum Gasteiger partial charge on any atom is -0.299 e. The molecule has 4 fully saturated rings. The maximum atomic E-state index is 12.7. The van der Waals surface area contributed by atoms with Gasteiger partial charge in [0.15, 0.2) is 0 Å². The van der Waals surface area contributed by atoms with E-state index in [1.54, 1.807) is 0 Å². The molecule has 4 saturated carbocycles. The van der Waals surface area contributed by atoms with E-state index in [2.05, 4.69) is 27.4 Å². The third-order valence-corrected chi connectivity index (χ3v) is 9.37. The van der Waals surface area contributed by atoms with Crippen molar-refractivity contribution in [2.75, 3.05) is 0 Å². The Morgan fingerprint density at radius 1 is 1.12 bits per heavy atom. The van der Waals surface area contributed by atoms with Crippen LogP contribution in [0.3, 0.4) is 0 Å². The molecule has 0 saturated heterocycles. The molecule has 0 aromatic heterocycles. The average Bonchev–Trinajstić information content (AvgIpc) is 2.96. The zero-order valence-corrected chi connectivity index (χ0v) is 16.0. The van der Waals surface area contributed by atoms with Gasteiger partial charge in [-0.1, -0.05) is 33.3 Å². The Bertz CT molecular complexity index is 536. The van der Waals surface area contributed by atoms with Gasteiger partial charge < -0.3 is 0 Å². The summed E-state index contributed by atoms with van der Waals surface area (Å²) in [4.78, 5) is 12.7. The number of allylic oxidation sites excluding steroid dienone is 1. The third-order valence-electron chi connectivity index (χ3n) is 9.37. The molecule has 1 heteroatoms. The molecule has 0 radical (unpaired) electrons. The molecule has 0 N–H and O–H groups in total. The van der Waals surface area contributed by atoms with E-state index in [9.17, 15) is 4.79 Å². The molecule has 0 heterocycles. The summed E-state index contributed by atoms with van der Waals surface area (Å²) in [6, 6.07) is 0. The SMILES string of the molecule is C=CC(C)C1C[C@@]2(C)[C@@H](CC[C@H]3[C@@H]4CCC[C@@]4(C)CC[C@@H]32)CC1=O. The number of carbonyl (C=O) groups excluding carboxylic acids is 1. The standard InChI is InChI=1S/C23H36O/c1-5-15(2)18-14-23(4)16(13-21(18)24)8-9-17-19-7-6-11-22(19,3)12-10-20(17)23/h5,15-20H,1,6-14H2,2-4H3/t15?,16-,17-,18?,19-,20-,22-,23-/m0/s1. The Labute approximate surface area is 148 Å². The van der Waals surface area contributed by atoms with Crippen molar-refractivity contribution in [1.29, 1.82) is 0 Å². The summed E-state index contributed by atoms with van der Waals surface area (Å²) in [5, 5.41) is 0. The molecule has 0 aliphatic heterocycles. The topological polar surface area (TPSA) is 17.1 Å². The number of carbonyl (C=O) groups is 1. The van der Waals surface area contributed by atoms with Gasteiger partial charge in [0.1, 0.15) is 5.78 Å². The number of fused-ring (bicyclic) bond motifs is 5. The van der Waals surface area contributed by atoms with Crippen LogP contribution in [0.4, 0.5) is 0 Å². The number of rotatable bonds is 2. The van der Waals surface area contributed by atoms with Crippen LogP contribution in [0.25, 0.3) is 0 Å². The van der Waals surface area contributed by atoms with E-state index in [0.29, 0.717) is 28.4 Å². The lowest BCUT2D eigenvalue weighted by Crippen LogP contribution is -2.54. The van der Waals surface area contributed by atoms with Gasteiger partial charge in [-0.05, 0) is 85.4 Å². The van der Waals surface area contributed by atoms with E-state index in [4.69, 9.17) is 0 Å². The highest BCUT2D eigenvalue weighted by molar-refractivity contribution is 5.82. The second kappa shape index (κ2) is 5.71. The molecule has 8 atom stereocenters. The second-order valence-electron chi connectivity index (χ2n) is 10.3. The first-order chi connectivity index (χ1) is 11.4. The Morgan fingerprint density at radius 3 is 2.67 bits per heavy atom. The van der Waals surface area contributed by atoms with Crippen LogP contribution in [-0.2, 0) is 4.79 Å². The van der Waals surface area contributed by atoms with Crippen LogP contribution in [0.1, 0.15) is 78.6 Å². The largest absolute Gasteiger partial charge is 0.299 e. The van der Waals surface area contributed by atoms with Gasteiger partial charge in [-0.3, -0.25) is 4.79 Å². The number of Topliss-reactive ketones (excluding diaryl/α,β-unsaturated/α-hetero) is 1. The molecule has 0 bridgehead atoms. The monoisotopic (exact) mass is 328 g/mol. The third kappa shape index (κ3) is 2.29. The van der Waals surface area contributed by atoms with Crippen LogP contribution in [0, 0.1) is 46.3 Å². The van der Waals surface area contributed by atoms with E-state index < -0.39 is 0 Å². The Hall–Kier alpha value is -0.590. The summed E-state index contributed by atoms with van der Waals surface area (Å²) in [6.07, 6.45) is 14.0. The first-order valence-electron chi connectivity index (χ1n) is 10.5. The smallest absolute Gasteiger partial charge is 0.136 e. The van der Waals surface area contributed by atoms with Gasteiger partial charge in [-0.15, -0.1) is 6.58 Å². The second-order valence-corrected chi connectivity index (χ2v) is 10.3. The number of hydrogen-bond donors (Lipinski definition) is 0. The highest BCUT2D eigenvalue weighted by Gasteiger charge is 2.59. The molecule has 0 amide bonds. The van der Waals surface area contributed by atoms with Crippen molar-refractivity contribution < 1.29 is 4.79 Å². The quantitative estimate of drug-likeness (QED) is 0.565. The van der Waals surface area contributed by atoms with Crippen LogP contribution < -0.4 is 0 Å². The maximum absolute atomic E-state index is 12.7. The van der Waals surface area contributed by atoms with Crippen molar-refractivity contribution in [2.24, 2.45) is 46.3 Å². The van der Waals surface area contributed by atoms with Gasteiger partial charge in [-0.25, -0.2) is 0 Å². The summed E-state index contributed by atoms with van der Waals surface area (Å²) in [5.41, 5.74) is 1.05. The van der Waals surface area contributed by atoms with Gasteiger partial charge in [0.05, 0.1) is 0 Å². The van der Waals surface area contributed by atoms with Gasteiger partial charge in [-0.2, -0.15) is 0 Å². The predicted octanol–water partition coefficient (Wildman–Crippen LogP) is 6.04. The molecular weight excluding hydrogens is 292 g/mol. The molecule has 0 aromatic rings. The lowest BCUT2D eigenvalue weighted by Gasteiger charge is -2.60. The lowest BCUT2D eigenvalue weighted by atomic mass is 9.44. The van der Waals surface area contributed by atoms with Crippen LogP contribution in [0.15, 0.2) is 12.7 Å². The summed E-state index contributed by atoms with van der Waals surface area (Å²) >= 11 is 0. The molecule has 24 heavy (non-hydrogen) atoms. The highest BCUT2D eigenvalue weighted by atomic mass is 16.1. The normalized spacial score (nSPS) is 52.1. The van der Waals surface area contributed by atoms with Gasteiger partial charge in [0.2, 0.25) is 0 Å². The molecular formula is C23H36O. The zero-order chi connectivity index (χ0) is 17.1. The summed E-state index contributed by atoms with van der Waals surface area (Å²) in [7, 11) is 0. The van der Waals surface area contributed by atoms with Gasteiger partial charge >= 0.3 is 0 Å². The number of ketones is 1. The summed E-state index contributed by atoms with van der Waals surface area (Å²) in [5.74, 6) is 4.56. The summed E-state index contributed by atoms with van der Waals surface area (Å²) < 4.78 is 0. The van der Waals surface area contributed by atoms with Crippen LogP contribution >= 0.6 is 0 Å². The van der Waals surface area contributed by atoms with Crippen molar-refractivity contribution in [1.82, 2.24) is 0 Å². The molecule has 4 rings (SSSR count). The van der Waals surface area contributed by atoms with E-state index in [1.165, 1.54) is 44.9 Å². The molecule has 1 nitrogen and oxygen atoms in total. The first kappa shape index (κ1) is 16.9. The predicted molar refractivity (Wildman–Crippen MR) is 99.6 cm³/mol. The van der Waals surface area contributed by atoms with E-state index in [-0.39, 0.29) is 5.92 Å². The fraction of sp³-hybridized carbons (Fsp3) is 0.870. The van der Waals surface area contributed by atoms with E-state index >= 15 is 0 Å². The lowest BCUT2D eigenvalue weighted by molar-refractivity contribution is -0.148. The van der Waals surface area contributed by atoms with Crippen molar-refractivity contribution in [3.05, 3.63) is 12.7 Å². The van der Waals surface area contributed by atoms with Gasteiger partial charge in [0, 0.05) is 12.3 Å². The minimum atomic E-state index is 0.236. The number of hydrogen-bond acceptors (Lipinski definition) is 1. The van der Waals surface area contributed by atoms with Crippen LogP contribution in [0.5, 0.6) is 0 Å². The molecule has 2 unspecified atom stereocenters.